The van der Waals surface area contributed by atoms with Crippen molar-refractivity contribution in [3.05, 3.63) is 117 Å². The van der Waals surface area contributed by atoms with Crippen molar-refractivity contribution in [1.82, 2.24) is 9.78 Å². The molecule has 8 nitrogen and oxygen atoms in total. The van der Waals surface area contributed by atoms with E-state index < -0.39 is 27.0 Å². The van der Waals surface area contributed by atoms with Crippen LogP contribution in [0.1, 0.15) is 0 Å². The molecule has 0 bridgehead atoms. The van der Waals surface area contributed by atoms with Crippen LogP contribution in [0.15, 0.2) is 91.0 Å². The fourth-order valence-electron chi connectivity index (χ4n) is 3.83. The van der Waals surface area contributed by atoms with Crippen molar-refractivity contribution >= 4 is 22.1 Å². The van der Waals surface area contributed by atoms with E-state index in [9.17, 15) is 24.6 Å². The Morgan fingerprint density at radius 2 is 1.44 bits per heavy atom. The van der Waals surface area contributed by atoms with Gasteiger partial charge in [-0.1, -0.05) is 36.4 Å². The minimum atomic E-state index is -0.693. The van der Waals surface area contributed by atoms with Gasteiger partial charge in [0.15, 0.2) is 0 Å². The summed E-state index contributed by atoms with van der Waals surface area (Å²) in [6.45, 7) is 0. The molecule has 5 aromatic rings. The van der Waals surface area contributed by atoms with Crippen LogP contribution in [0.5, 0.6) is 0 Å². The lowest BCUT2D eigenvalue weighted by atomic mass is 10.0. The van der Waals surface area contributed by atoms with Crippen LogP contribution in [-0.4, -0.2) is 19.6 Å². The Morgan fingerprint density at radius 1 is 0.735 bits per heavy atom. The molecule has 0 radical (unpaired) electrons. The lowest BCUT2D eigenvalue weighted by Gasteiger charge is -2.08. The van der Waals surface area contributed by atoms with Crippen LogP contribution >= 0.6 is 0 Å². The summed E-state index contributed by atoms with van der Waals surface area (Å²) in [7, 11) is 0. The molecule has 0 aliphatic rings. The standard InChI is InChI=1S/C25H15FN4O4/c26-20-9-7-17(8-10-20)24-15-22(19-6-5-16-3-1-2-4-18(16)13-19)27-28(24)23-12-11-21(29(31)32)14-25(23)30(33)34/h1-15H. The fourth-order valence-corrected chi connectivity index (χ4v) is 3.83. The minimum absolute atomic E-state index is 0.0574. The van der Waals surface area contributed by atoms with Gasteiger partial charge >= 0.3 is 5.69 Å². The van der Waals surface area contributed by atoms with E-state index in [4.69, 9.17) is 0 Å². The Kier molecular flexibility index (Phi) is 5.06. The topological polar surface area (TPSA) is 104 Å². The highest BCUT2D eigenvalue weighted by atomic mass is 19.1. The summed E-state index contributed by atoms with van der Waals surface area (Å²) in [5.74, 6) is -0.425. The summed E-state index contributed by atoms with van der Waals surface area (Å²) < 4.78 is 14.9. The maximum atomic E-state index is 13.6. The molecule has 0 saturated heterocycles. The van der Waals surface area contributed by atoms with Crippen molar-refractivity contribution in [2.75, 3.05) is 0 Å². The van der Waals surface area contributed by atoms with Gasteiger partial charge in [0, 0.05) is 17.2 Å². The second kappa shape index (κ2) is 8.21. The van der Waals surface area contributed by atoms with Gasteiger partial charge in [0.1, 0.15) is 11.5 Å². The molecule has 0 amide bonds. The fraction of sp³-hybridized carbons (Fsp3) is 0. The third-order valence-corrected chi connectivity index (χ3v) is 5.49. The van der Waals surface area contributed by atoms with Gasteiger partial charge in [-0.15, -0.1) is 0 Å². The first-order chi connectivity index (χ1) is 16.4. The first kappa shape index (κ1) is 21.0. The molecule has 4 aromatic carbocycles. The van der Waals surface area contributed by atoms with E-state index in [1.54, 1.807) is 18.2 Å². The summed E-state index contributed by atoms with van der Waals surface area (Å²) in [6, 6.07) is 24.4. The average Bonchev–Trinajstić information content (AvgIpc) is 3.29. The summed E-state index contributed by atoms with van der Waals surface area (Å²) >= 11 is 0. The Balaban J connectivity index is 1.74. The van der Waals surface area contributed by atoms with Crippen molar-refractivity contribution in [2.45, 2.75) is 0 Å². The van der Waals surface area contributed by atoms with Gasteiger partial charge in [-0.25, -0.2) is 9.07 Å². The van der Waals surface area contributed by atoms with Gasteiger partial charge in [0.05, 0.1) is 27.3 Å². The number of fused-ring (bicyclic) bond motifs is 1. The van der Waals surface area contributed by atoms with E-state index in [1.807, 2.05) is 42.5 Å². The zero-order valence-corrected chi connectivity index (χ0v) is 17.5. The molecule has 0 aliphatic heterocycles. The highest BCUT2D eigenvalue weighted by Gasteiger charge is 2.24. The Hall–Kier alpha value is -4.92. The summed E-state index contributed by atoms with van der Waals surface area (Å²) in [4.78, 5) is 21.6. The number of nitrogens with zero attached hydrogens (tertiary/aromatic N) is 4. The minimum Gasteiger partial charge on any atom is -0.258 e. The number of non-ortho nitro benzene ring substituents is 1. The number of hydrogen-bond acceptors (Lipinski definition) is 5. The summed E-state index contributed by atoms with van der Waals surface area (Å²) in [5.41, 5.74) is 1.56. The second-order valence-electron chi connectivity index (χ2n) is 7.58. The number of halogens is 1. The number of rotatable bonds is 5. The molecule has 0 unspecified atom stereocenters. The van der Waals surface area contributed by atoms with Crippen LogP contribution in [0.25, 0.3) is 39.0 Å². The SMILES string of the molecule is O=[N+]([O-])c1ccc(-n2nc(-c3ccc4ccccc4c3)cc2-c2ccc(F)cc2)c([N+](=O)[O-])c1. The molecule has 1 aromatic heterocycles. The van der Waals surface area contributed by atoms with Crippen LogP contribution in [0.3, 0.4) is 0 Å². The van der Waals surface area contributed by atoms with E-state index >= 15 is 0 Å². The molecule has 0 N–H and O–H groups in total. The van der Waals surface area contributed by atoms with Crippen molar-refractivity contribution in [3.63, 3.8) is 0 Å². The van der Waals surface area contributed by atoms with Crippen LogP contribution in [0.2, 0.25) is 0 Å². The Morgan fingerprint density at radius 3 is 2.15 bits per heavy atom. The van der Waals surface area contributed by atoms with E-state index in [0.29, 0.717) is 17.0 Å². The van der Waals surface area contributed by atoms with Crippen molar-refractivity contribution in [2.24, 2.45) is 0 Å². The number of aromatic nitrogens is 2. The molecule has 0 spiro atoms. The Bertz CT molecular complexity index is 1580. The van der Waals surface area contributed by atoms with E-state index in [0.717, 1.165) is 22.4 Å². The smallest absolute Gasteiger partial charge is 0.258 e. The molecule has 166 valence electrons. The third kappa shape index (κ3) is 3.75. The maximum Gasteiger partial charge on any atom is 0.301 e. The normalized spacial score (nSPS) is 11.0. The van der Waals surface area contributed by atoms with Crippen LogP contribution in [0.4, 0.5) is 15.8 Å². The molecule has 34 heavy (non-hydrogen) atoms. The maximum absolute atomic E-state index is 13.6. The van der Waals surface area contributed by atoms with E-state index in [2.05, 4.69) is 5.10 Å². The zero-order chi connectivity index (χ0) is 23.8. The van der Waals surface area contributed by atoms with Gasteiger partial charge < -0.3 is 0 Å². The summed E-state index contributed by atoms with van der Waals surface area (Å²) in [5, 5.41) is 29.6. The van der Waals surface area contributed by atoms with Crippen LogP contribution < -0.4 is 0 Å². The lowest BCUT2D eigenvalue weighted by molar-refractivity contribution is -0.394. The van der Waals surface area contributed by atoms with Crippen LogP contribution in [-0.2, 0) is 0 Å². The third-order valence-electron chi connectivity index (χ3n) is 5.49. The predicted molar refractivity (Wildman–Crippen MR) is 125 cm³/mol. The first-order valence-corrected chi connectivity index (χ1v) is 10.2. The largest absolute Gasteiger partial charge is 0.301 e. The molecule has 0 saturated carbocycles. The van der Waals surface area contributed by atoms with Crippen molar-refractivity contribution in [3.8, 4) is 28.2 Å². The molecule has 5 rings (SSSR count). The highest BCUT2D eigenvalue weighted by molar-refractivity contribution is 5.87. The molecular weight excluding hydrogens is 439 g/mol. The van der Waals surface area contributed by atoms with Gasteiger partial charge in [0.25, 0.3) is 5.69 Å². The van der Waals surface area contributed by atoms with Crippen molar-refractivity contribution in [1.29, 1.82) is 0 Å². The van der Waals surface area contributed by atoms with E-state index in [1.165, 1.54) is 28.9 Å². The van der Waals surface area contributed by atoms with E-state index in [-0.39, 0.29) is 5.69 Å². The van der Waals surface area contributed by atoms with Crippen LogP contribution in [0, 0.1) is 26.0 Å². The van der Waals surface area contributed by atoms with Gasteiger partial charge in [0.2, 0.25) is 0 Å². The quantitative estimate of drug-likeness (QED) is 0.228. The number of nitro groups is 2. The second-order valence-corrected chi connectivity index (χ2v) is 7.58. The van der Waals surface area contributed by atoms with Gasteiger partial charge in [-0.3, -0.25) is 20.2 Å². The molecule has 1 heterocycles. The molecular formula is C25H15FN4O4. The predicted octanol–water partition coefficient (Wildman–Crippen LogP) is 6.32. The van der Waals surface area contributed by atoms with Gasteiger partial charge in [-0.05, 0) is 53.2 Å². The number of benzene rings is 4. The highest BCUT2D eigenvalue weighted by Crippen LogP contribution is 2.34. The molecule has 0 aliphatic carbocycles. The zero-order valence-electron chi connectivity index (χ0n) is 17.5. The molecule has 0 atom stereocenters. The monoisotopic (exact) mass is 454 g/mol. The molecule has 9 heteroatoms. The lowest BCUT2D eigenvalue weighted by Crippen LogP contribution is -2.04. The average molecular weight is 454 g/mol. The molecule has 0 fully saturated rings. The summed E-state index contributed by atoms with van der Waals surface area (Å²) in [6.07, 6.45) is 0. The number of hydrogen-bond donors (Lipinski definition) is 0. The van der Waals surface area contributed by atoms with Crippen molar-refractivity contribution < 1.29 is 14.2 Å². The number of nitro benzene ring substituents is 2. The Labute approximate surface area is 191 Å². The first-order valence-electron chi connectivity index (χ1n) is 10.2. The van der Waals surface area contributed by atoms with Gasteiger partial charge in [-0.2, -0.15) is 5.10 Å².